The highest BCUT2D eigenvalue weighted by atomic mass is 35.5. The first-order valence-electron chi connectivity index (χ1n) is 7.70. The summed E-state index contributed by atoms with van der Waals surface area (Å²) in [4.78, 5) is 30.2. The Morgan fingerprint density at radius 3 is 2.54 bits per heavy atom. The molecule has 0 unspecified atom stereocenters. The minimum atomic E-state index is -0.326. The molecule has 1 heterocycles. The molecule has 0 spiro atoms. The predicted molar refractivity (Wildman–Crippen MR) is 91.7 cm³/mol. The van der Waals surface area contributed by atoms with E-state index >= 15 is 0 Å². The Balaban J connectivity index is 2.13. The number of esters is 1. The molecule has 5 nitrogen and oxygen atoms in total. The Kier molecular flexibility index (Phi) is 6.75. The van der Waals surface area contributed by atoms with E-state index in [1.54, 1.807) is 42.3 Å². The zero-order valence-corrected chi connectivity index (χ0v) is 14.2. The predicted octanol–water partition coefficient (Wildman–Crippen LogP) is 3.33. The SMILES string of the molecule is CCOC(=O)CCN(Cc1ccccn1)C(=O)c1ccc(Cl)cc1. The summed E-state index contributed by atoms with van der Waals surface area (Å²) in [5.74, 6) is -0.506. The standard InChI is InChI=1S/C18H19ClN2O3/c1-2-24-17(22)10-12-21(13-16-5-3-4-11-20-16)18(23)14-6-8-15(19)9-7-14/h3-9,11H,2,10,12-13H2,1H3. The van der Waals surface area contributed by atoms with E-state index in [0.717, 1.165) is 5.69 Å². The Morgan fingerprint density at radius 1 is 1.17 bits per heavy atom. The minimum Gasteiger partial charge on any atom is -0.466 e. The third-order valence-corrected chi connectivity index (χ3v) is 3.60. The molecule has 0 atom stereocenters. The van der Waals surface area contributed by atoms with E-state index in [9.17, 15) is 9.59 Å². The van der Waals surface area contributed by atoms with Crippen molar-refractivity contribution in [3.8, 4) is 0 Å². The van der Waals surface area contributed by atoms with Crippen molar-refractivity contribution in [2.24, 2.45) is 0 Å². The third-order valence-electron chi connectivity index (χ3n) is 3.35. The van der Waals surface area contributed by atoms with Gasteiger partial charge in [-0.3, -0.25) is 14.6 Å². The van der Waals surface area contributed by atoms with E-state index in [4.69, 9.17) is 16.3 Å². The first-order valence-corrected chi connectivity index (χ1v) is 8.08. The lowest BCUT2D eigenvalue weighted by atomic mass is 10.2. The highest BCUT2D eigenvalue weighted by Crippen LogP contribution is 2.13. The molecule has 0 radical (unpaired) electrons. The summed E-state index contributed by atoms with van der Waals surface area (Å²) in [5, 5.41) is 0.564. The molecule has 2 rings (SSSR count). The van der Waals surface area contributed by atoms with Crippen LogP contribution in [0.5, 0.6) is 0 Å². The van der Waals surface area contributed by atoms with Gasteiger partial charge in [0.05, 0.1) is 25.3 Å². The normalized spacial score (nSPS) is 10.2. The summed E-state index contributed by atoms with van der Waals surface area (Å²) in [6.07, 6.45) is 1.81. The molecule has 0 fully saturated rings. The summed E-state index contributed by atoms with van der Waals surface area (Å²) in [5.41, 5.74) is 1.27. The molecule has 0 bridgehead atoms. The van der Waals surface area contributed by atoms with Gasteiger partial charge in [-0.05, 0) is 43.3 Å². The summed E-state index contributed by atoms with van der Waals surface area (Å²) < 4.78 is 4.93. The largest absolute Gasteiger partial charge is 0.466 e. The number of hydrogen-bond acceptors (Lipinski definition) is 4. The van der Waals surface area contributed by atoms with Gasteiger partial charge >= 0.3 is 5.97 Å². The van der Waals surface area contributed by atoms with Crippen LogP contribution in [0.1, 0.15) is 29.4 Å². The average molecular weight is 347 g/mol. The van der Waals surface area contributed by atoms with Gasteiger partial charge < -0.3 is 9.64 Å². The van der Waals surface area contributed by atoms with Gasteiger partial charge in [-0.2, -0.15) is 0 Å². The molecule has 1 aromatic carbocycles. The van der Waals surface area contributed by atoms with Crippen LogP contribution < -0.4 is 0 Å². The van der Waals surface area contributed by atoms with Crippen molar-refractivity contribution >= 4 is 23.5 Å². The fourth-order valence-corrected chi connectivity index (χ4v) is 2.30. The van der Waals surface area contributed by atoms with E-state index < -0.39 is 0 Å². The molecular weight excluding hydrogens is 328 g/mol. The number of aromatic nitrogens is 1. The molecular formula is C18H19ClN2O3. The van der Waals surface area contributed by atoms with E-state index in [1.807, 2.05) is 18.2 Å². The van der Waals surface area contributed by atoms with Crippen LogP contribution in [0.15, 0.2) is 48.7 Å². The first kappa shape index (κ1) is 17.9. The zero-order chi connectivity index (χ0) is 17.4. The number of nitrogens with zero attached hydrogens (tertiary/aromatic N) is 2. The smallest absolute Gasteiger partial charge is 0.307 e. The van der Waals surface area contributed by atoms with Gasteiger partial charge in [0.15, 0.2) is 0 Å². The Labute approximate surface area is 146 Å². The third kappa shape index (κ3) is 5.35. The molecule has 0 aliphatic heterocycles. The highest BCUT2D eigenvalue weighted by molar-refractivity contribution is 6.30. The van der Waals surface area contributed by atoms with E-state index in [1.165, 1.54) is 0 Å². The highest BCUT2D eigenvalue weighted by Gasteiger charge is 2.18. The molecule has 0 aliphatic carbocycles. The van der Waals surface area contributed by atoms with Gasteiger partial charge in [0, 0.05) is 23.3 Å². The zero-order valence-electron chi connectivity index (χ0n) is 13.4. The van der Waals surface area contributed by atoms with E-state index in [0.29, 0.717) is 23.7 Å². The van der Waals surface area contributed by atoms with Gasteiger partial charge in [0.25, 0.3) is 5.91 Å². The molecule has 2 aromatic rings. The maximum Gasteiger partial charge on any atom is 0.307 e. The molecule has 0 aliphatic rings. The first-order chi connectivity index (χ1) is 11.6. The number of rotatable bonds is 7. The molecule has 0 saturated heterocycles. The second kappa shape index (κ2) is 9.03. The van der Waals surface area contributed by atoms with Crippen LogP contribution in [0.3, 0.4) is 0 Å². The van der Waals surface area contributed by atoms with Gasteiger partial charge in [-0.25, -0.2) is 0 Å². The number of benzene rings is 1. The number of ether oxygens (including phenoxy) is 1. The average Bonchev–Trinajstić information content (AvgIpc) is 2.60. The van der Waals surface area contributed by atoms with Crippen molar-refractivity contribution < 1.29 is 14.3 Å². The Bertz CT molecular complexity index is 674. The molecule has 6 heteroatoms. The number of pyridine rings is 1. The van der Waals surface area contributed by atoms with Crippen molar-refractivity contribution in [3.05, 3.63) is 64.9 Å². The topological polar surface area (TPSA) is 59.5 Å². The monoisotopic (exact) mass is 346 g/mol. The summed E-state index contributed by atoms with van der Waals surface area (Å²) in [6.45, 7) is 2.66. The maximum absolute atomic E-state index is 12.7. The lowest BCUT2D eigenvalue weighted by Gasteiger charge is -2.22. The molecule has 0 saturated carbocycles. The molecule has 126 valence electrons. The van der Waals surface area contributed by atoms with Crippen LogP contribution in [-0.2, 0) is 16.1 Å². The summed E-state index contributed by atoms with van der Waals surface area (Å²) in [7, 11) is 0. The van der Waals surface area contributed by atoms with E-state index in [2.05, 4.69) is 4.98 Å². The van der Waals surface area contributed by atoms with Crippen LogP contribution in [-0.4, -0.2) is 34.9 Å². The second-order valence-electron chi connectivity index (χ2n) is 5.11. The number of carbonyl (C=O) groups is 2. The van der Waals surface area contributed by atoms with Crippen molar-refractivity contribution in [3.63, 3.8) is 0 Å². The number of carbonyl (C=O) groups excluding carboxylic acids is 2. The quantitative estimate of drug-likeness (QED) is 0.721. The van der Waals surface area contributed by atoms with Crippen LogP contribution in [0.25, 0.3) is 0 Å². The van der Waals surface area contributed by atoms with Crippen molar-refractivity contribution in [1.82, 2.24) is 9.88 Å². The second-order valence-corrected chi connectivity index (χ2v) is 5.55. The lowest BCUT2D eigenvalue weighted by Crippen LogP contribution is -2.33. The summed E-state index contributed by atoms with van der Waals surface area (Å²) in [6, 6.07) is 12.2. The van der Waals surface area contributed by atoms with Gasteiger partial charge in [0.2, 0.25) is 0 Å². The summed E-state index contributed by atoms with van der Waals surface area (Å²) >= 11 is 5.87. The van der Waals surface area contributed by atoms with E-state index in [-0.39, 0.29) is 24.8 Å². The minimum absolute atomic E-state index is 0.139. The van der Waals surface area contributed by atoms with Crippen molar-refractivity contribution in [2.75, 3.05) is 13.2 Å². The molecule has 24 heavy (non-hydrogen) atoms. The number of amides is 1. The van der Waals surface area contributed by atoms with Gasteiger partial charge in [-0.15, -0.1) is 0 Å². The molecule has 1 amide bonds. The molecule has 0 N–H and O–H groups in total. The van der Waals surface area contributed by atoms with Gasteiger partial charge in [0.1, 0.15) is 0 Å². The van der Waals surface area contributed by atoms with Gasteiger partial charge in [-0.1, -0.05) is 17.7 Å². The Morgan fingerprint density at radius 2 is 1.92 bits per heavy atom. The number of hydrogen-bond donors (Lipinski definition) is 0. The number of halogens is 1. The Hall–Kier alpha value is -2.40. The fourth-order valence-electron chi connectivity index (χ4n) is 2.17. The fraction of sp³-hybridized carbons (Fsp3) is 0.278. The molecule has 1 aromatic heterocycles. The van der Waals surface area contributed by atoms with Crippen molar-refractivity contribution in [2.45, 2.75) is 19.9 Å². The lowest BCUT2D eigenvalue weighted by molar-refractivity contribution is -0.143. The van der Waals surface area contributed by atoms with Crippen molar-refractivity contribution in [1.29, 1.82) is 0 Å². The maximum atomic E-state index is 12.7. The van der Waals surface area contributed by atoms with Crippen LogP contribution in [0.4, 0.5) is 0 Å². The van der Waals surface area contributed by atoms with Crippen LogP contribution in [0, 0.1) is 0 Å². The van der Waals surface area contributed by atoms with Crippen LogP contribution >= 0.6 is 11.6 Å². The van der Waals surface area contributed by atoms with Crippen LogP contribution in [0.2, 0.25) is 5.02 Å².